The van der Waals surface area contributed by atoms with Gasteiger partial charge in [-0.1, -0.05) is 78.9 Å². The van der Waals surface area contributed by atoms with Gasteiger partial charge in [0.05, 0.1) is 16.4 Å². The first kappa shape index (κ1) is 22.6. The number of carbonyl (C=O) groups excluding carboxylic acids is 1. The smallest absolute Gasteiger partial charge is 0.180 e. The van der Waals surface area contributed by atoms with Gasteiger partial charge in [0.1, 0.15) is 11.7 Å². The number of para-hydroxylation sites is 1. The van der Waals surface area contributed by atoms with Gasteiger partial charge in [0.2, 0.25) is 0 Å². The predicted octanol–water partition coefficient (Wildman–Crippen LogP) is 4.30. The van der Waals surface area contributed by atoms with Crippen LogP contribution < -0.4 is 5.01 Å². The van der Waals surface area contributed by atoms with E-state index in [2.05, 4.69) is 4.99 Å². The number of hydrogen-bond acceptors (Lipinski definition) is 7. The molecule has 0 bridgehead atoms. The molecule has 0 aliphatic carbocycles. The maximum absolute atomic E-state index is 13.9. The highest BCUT2D eigenvalue weighted by Gasteiger charge is 2.50. The van der Waals surface area contributed by atoms with Gasteiger partial charge in [-0.2, -0.15) is 5.10 Å². The molecule has 2 unspecified atom stereocenters. The van der Waals surface area contributed by atoms with Crippen LogP contribution in [-0.2, 0) is 9.84 Å². The number of aliphatic imine (C=N–C) groups is 1. The second kappa shape index (κ2) is 9.56. The molecule has 0 fully saturated rings. The molecule has 0 radical (unpaired) electrons. The van der Waals surface area contributed by atoms with Crippen molar-refractivity contribution in [1.29, 1.82) is 0 Å². The third-order valence-electron chi connectivity index (χ3n) is 5.81. The van der Waals surface area contributed by atoms with E-state index < -0.39 is 21.1 Å². The largest absolute Gasteiger partial charge is 0.293 e. The zero-order valence-corrected chi connectivity index (χ0v) is 20.0. The summed E-state index contributed by atoms with van der Waals surface area (Å²) in [6.07, 6.45) is 0. The lowest BCUT2D eigenvalue weighted by molar-refractivity contribution is 0.0954. The Hall–Kier alpha value is -3.23. The molecule has 5 rings (SSSR count). The van der Waals surface area contributed by atoms with E-state index in [0.717, 1.165) is 11.3 Å². The molecule has 172 valence electrons. The fourth-order valence-electron chi connectivity index (χ4n) is 4.26. The molecular weight excluding hydrogens is 466 g/mol. The Bertz CT molecular complexity index is 1340. The first-order valence-corrected chi connectivity index (χ1v) is 13.7. The zero-order chi connectivity index (χ0) is 23.5. The van der Waals surface area contributed by atoms with E-state index >= 15 is 0 Å². The summed E-state index contributed by atoms with van der Waals surface area (Å²) in [4.78, 5) is 18.2. The number of sulfone groups is 1. The summed E-state index contributed by atoms with van der Waals surface area (Å²) >= 11 is 1.46. The van der Waals surface area contributed by atoms with Crippen LogP contribution in [0.3, 0.4) is 0 Å². The second-order valence-electron chi connectivity index (χ2n) is 8.06. The number of benzene rings is 3. The van der Waals surface area contributed by atoms with Crippen LogP contribution in [0.1, 0.15) is 15.9 Å². The third-order valence-corrected chi connectivity index (χ3v) is 8.87. The summed E-state index contributed by atoms with van der Waals surface area (Å²) in [5.74, 6) is -0.684. The van der Waals surface area contributed by atoms with Gasteiger partial charge in [-0.15, -0.1) is 11.8 Å². The first-order chi connectivity index (χ1) is 16.5. The average Bonchev–Trinajstić information content (AvgIpc) is 3.53. The quantitative estimate of drug-likeness (QED) is 0.463. The van der Waals surface area contributed by atoms with Gasteiger partial charge >= 0.3 is 0 Å². The molecule has 0 aromatic heterocycles. The molecule has 0 saturated carbocycles. The number of nitrogens with zero attached hydrogens (tertiary/aromatic N) is 3. The minimum absolute atomic E-state index is 0.207. The van der Waals surface area contributed by atoms with E-state index in [1.807, 2.05) is 66.7 Å². The Morgan fingerprint density at radius 2 is 1.53 bits per heavy atom. The number of hydrazone groups is 1. The van der Waals surface area contributed by atoms with Gasteiger partial charge in [0.15, 0.2) is 21.0 Å². The van der Waals surface area contributed by atoms with E-state index in [1.165, 1.54) is 16.8 Å². The Balaban J connectivity index is 1.67. The van der Waals surface area contributed by atoms with Gasteiger partial charge in [0.25, 0.3) is 0 Å². The van der Waals surface area contributed by atoms with E-state index in [0.29, 0.717) is 28.6 Å². The molecule has 0 N–H and O–H groups in total. The number of Topliss-reactive ketones (excluding diaryl/α,β-unsaturated/α-hetero) is 1. The molecule has 0 saturated heterocycles. The van der Waals surface area contributed by atoms with Crippen molar-refractivity contribution in [3.05, 3.63) is 102 Å². The molecule has 0 spiro atoms. The Labute approximate surface area is 203 Å². The molecule has 6 nitrogen and oxygen atoms in total. The normalized spacial score (nSPS) is 20.2. The Morgan fingerprint density at radius 1 is 0.912 bits per heavy atom. The second-order valence-corrected chi connectivity index (χ2v) is 11.3. The van der Waals surface area contributed by atoms with Crippen LogP contribution in [0, 0.1) is 5.92 Å². The lowest BCUT2D eigenvalue weighted by Crippen LogP contribution is -2.46. The molecule has 34 heavy (non-hydrogen) atoms. The minimum Gasteiger partial charge on any atom is -0.293 e. The van der Waals surface area contributed by atoms with Crippen molar-refractivity contribution in [2.45, 2.75) is 5.37 Å². The highest BCUT2D eigenvalue weighted by atomic mass is 32.2. The van der Waals surface area contributed by atoms with E-state index in [9.17, 15) is 13.2 Å². The number of ketones is 1. The topological polar surface area (TPSA) is 79.2 Å². The Kier molecular flexibility index (Phi) is 6.34. The maximum atomic E-state index is 13.9. The summed E-state index contributed by atoms with van der Waals surface area (Å²) in [6.45, 7) is 0.612. The number of thioether (sulfide) groups is 1. The fourth-order valence-corrected chi connectivity index (χ4v) is 7.44. The van der Waals surface area contributed by atoms with Gasteiger partial charge in [-0.3, -0.25) is 9.79 Å². The highest BCUT2D eigenvalue weighted by Crippen LogP contribution is 2.36. The molecule has 3 aromatic rings. The van der Waals surface area contributed by atoms with Gasteiger partial charge in [0, 0.05) is 17.9 Å². The monoisotopic (exact) mass is 489 g/mol. The molecule has 2 aliphatic heterocycles. The van der Waals surface area contributed by atoms with E-state index in [4.69, 9.17) is 5.10 Å². The lowest BCUT2D eigenvalue weighted by Gasteiger charge is -2.27. The number of rotatable bonds is 7. The standard InChI is InChI=1S/C26H23N3O3S2/c30-25(20-12-6-2-7-13-20)23-24(19-10-4-1-5-11-19)28-29(21-14-8-3-9-15-21)26(23)34(31,32)18-22-27-16-17-33-22/h1-15,23,26H,16-18H2. The summed E-state index contributed by atoms with van der Waals surface area (Å²) in [5.41, 5.74) is 2.25. The van der Waals surface area contributed by atoms with E-state index in [1.54, 1.807) is 24.3 Å². The van der Waals surface area contributed by atoms with Crippen LogP contribution in [0.15, 0.2) is 101 Å². The van der Waals surface area contributed by atoms with Crippen LogP contribution >= 0.6 is 11.8 Å². The van der Waals surface area contributed by atoms with E-state index in [-0.39, 0.29) is 11.5 Å². The van der Waals surface area contributed by atoms with Gasteiger partial charge in [-0.25, -0.2) is 13.4 Å². The minimum atomic E-state index is -3.84. The molecular formula is C26H23N3O3S2. The van der Waals surface area contributed by atoms with Crippen LogP contribution in [-0.4, -0.2) is 48.4 Å². The van der Waals surface area contributed by atoms with Gasteiger partial charge in [-0.05, 0) is 17.7 Å². The fraction of sp³-hybridized carbons (Fsp3) is 0.192. The van der Waals surface area contributed by atoms with Crippen molar-refractivity contribution in [3.63, 3.8) is 0 Å². The van der Waals surface area contributed by atoms with Crippen LogP contribution in [0.5, 0.6) is 0 Å². The highest BCUT2D eigenvalue weighted by molar-refractivity contribution is 8.15. The van der Waals surface area contributed by atoms with Crippen LogP contribution in [0.4, 0.5) is 5.69 Å². The average molecular weight is 490 g/mol. The van der Waals surface area contributed by atoms with Crippen molar-refractivity contribution < 1.29 is 13.2 Å². The van der Waals surface area contributed by atoms with Crippen LogP contribution in [0.2, 0.25) is 0 Å². The summed E-state index contributed by atoms with van der Waals surface area (Å²) in [5, 5.41) is 5.70. The number of anilines is 1. The SMILES string of the molecule is O=C(c1ccccc1)C1C(c2ccccc2)=NN(c2ccccc2)C1S(=O)(=O)CC1=NCCS1. The maximum Gasteiger partial charge on any atom is 0.180 e. The van der Waals surface area contributed by atoms with Crippen molar-refractivity contribution in [1.82, 2.24) is 0 Å². The number of carbonyl (C=O) groups is 1. The molecule has 2 aliphatic rings. The summed E-state index contributed by atoms with van der Waals surface area (Å²) < 4.78 is 27.9. The first-order valence-electron chi connectivity index (χ1n) is 11.0. The molecule has 8 heteroatoms. The summed E-state index contributed by atoms with van der Waals surface area (Å²) in [6, 6.07) is 27.3. The molecule has 2 atom stereocenters. The van der Waals surface area contributed by atoms with Crippen molar-refractivity contribution >= 4 is 43.8 Å². The number of hydrogen-bond donors (Lipinski definition) is 0. The van der Waals surface area contributed by atoms with Crippen molar-refractivity contribution in [2.75, 3.05) is 23.1 Å². The van der Waals surface area contributed by atoms with Crippen LogP contribution in [0.25, 0.3) is 0 Å². The molecule has 3 aromatic carbocycles. The predicted molar refractivity (Wildman–Crippen MR) is 138 cm³/mol. The zero-order valence-electron chi connectivity index (χ0n) is 18.3. The van der Waals surface area contributed by atoms with Crippen molar-refractivity contribution in [3.8, 4) is 0 Å². The third kappa shape index (κ3) is 4.43. The lowest BCUT2D eigenvalue weighted by atomic mass is 9.89. The van der Waals surface area contributed by atoms with Gasteiger partial charge < -0.3 is 0 Å². The molecule has 0 amide bonds. The summed E-state index contributed by atoms with van der Waals surface area (Å²) in [7, 11) is -3.84. The molecule has 2 heterocycles. The van der Waals surface area contributed by atoms with Crippen molar-refractivity contribution in [2.24, 2.45) is 16.0 Å². The Morgan fingerprint density at radius 3 is 2.15 bits per heavy atom.